The van der Waals surface area contributed by atoms with Gasteiger partial charge in [-0.15, -0.1) is 0 Å². The summed E-state index contributed by atoms with van der Waals surface area (Å²) in [6, 6.07) is 3.40. The molecule has 2 aromatic heterocycles. The molecule has 2 heterocycles. The van der Waals surface area contributed by atoms with E-state index >= 15 is 0 Å². The number of nitrogens with two attached hydrogens (primary N) is 1. The summed E-state index contributed by atoms with van der Waals surface area (Å²) < 4.78 is 0. The molecule has 0 unspecified atom stereocenters. The minimum absolute atomic E-state index is 0.174. The van der Waals surface area contributed by atoms with Gasteiger partial charge >= 0.3 is 0 Å². The Kier molecular flexibility index (Phi) is 4.31. The molecule has 7 nitrogen and oxygen atoms in total. The van der Waals surface area contributed by atoms with Crippen LogP contribution in [0.5, 0.6) is 0 Å². The predicted molar refractivity (Wildman–Crippen MR) is 75.9 cm³/mol. The number of hydrazine groups is 1. The van der Waals surface area contributed by atoms with Gasteiger partial charge < -0.3 is 10.7 Å². The van der Waals surface area contributed by atoms with Gasteiger partial charge in [0.1, 0.15) is 5.82 Å². The van der Waals surface area contributed by atoms with Crippen molar-refractivity contribution in [2.45, 2.75) is 26.3 Å². The highest BCUT2D eigenvalue weighted by Gasteiger charge is 2.11. The molecule has 20 heavy (non-hydrogen) atoms. The first-order valence-electron chi connectivity index (χ1n) is 6.34. The SMILES string of the molecule is CC(C)c1cc(C(=O)NCc2cn[nH]c2)cc(NN)n1. The van der Waals surface area contributed by atoms with Crippen molar-refractivity contribution in [3.63, 3.8) is 0 Å². The lowest BCUT2D eigenvalue weighted by Crippen LogP contribution is -2.23. The Bertz CT molecular complexity index is 579. The highest BCUT2D eigenvalue weighted by atomic mass is 16.1. The number of carbonyl (C=O) groups excluding carboxylic acids is 1. The fraction of sp³-hybridized carbons (Fsp3) is 0.308. The first-order valence-corrected chi connectivity index (χ1v) is 6.34. The van der Waals surface area contributed by atoms with E-state index in [-0.39, 0.29) is 11.8 Å². The number of nitrogens with zero attached hydrogens (tertiary/aromatic N) is 2. The third kappa shape index (κ3) is 3.33. The molecule has 1 amide bonds. The molecule has 2 rings (SSSR count). The molecule has 0 atom stereocenters. The van der Waals surface area contributed by atoms with E-state index < -0.39 is 0 Å². The summed E-state index contributed by atoms with van der Waals surface area (Å²) in [6.45, 7) is 4.44. The minimum Gasteiger partial charge on any atom is -0.348 e. The Morgan fingerprint density at radius 1 is 1.45 bits per heavy atom. The van der Waals surface area contributed by atoms with Gasteiger partial charge in [-0.25, -0.2) is 10.8 Å². The topological polar surface area (TPSA) is 109 Å². The third-order valence-corrected chi connectivity index (χ3v) is 2.85. The zero-order valence-corrected chi connectivity index (χ0v) is 11.5. The second-order valence-corrected chi connectivity index (χ2v) is 4.75. The Balaban J connectivity index is 2.14. The fourth-order valence-corrected chi connectivity index (χ4v) is 1.71. The molecule has 106 valence electrons. The number of nitrogen functional groups attached to an aromatic ring is 1. The van der Waals surface area contributed by atoms with Gasteiger partial charge in [-0.1, -0.05) is 13.8 Å². The molecule has 0 aliphatic rings. The molecule has 5 N–H and O–H groups in total. The summed E-state index contributed by atoms with van der Waals surface area (Å²) in [5.41, 5.74) is 4.73. The normalized spacial score (nSPS) is 10.6. The maximum absolute atomic E-state index is 12.1. The molecule has 0 aromatic carbocycles. The Labute approximate surface area is 117 Å². The van der Waals surface area contributed by atoms with Crippen LogP contribution in [0.2, 0.25) is 0 Å². The van der Waals surface area contributed by atoms with Crippen molar-refractivity contribution in [2.75, 3.05) is 5.43 Å². The second kappa shape index (κ2) is 6.16. The van der Waals surface area contributed by atoms with Crippen molar-refractivity contribution in [3.8, 4) is 0 Å². The van der Waals surface area contributed by atoms with E-state index in [2.05, 4.69) is 25.9 Å². The van der Waals surface area contributed by atoms with E-state index in [0.29, 0.717) is 17.9 Å². The van der Waals surface area contributed by atoms with Crippen LogP contribution in [0.3, 0.4) is 0 Å². The largest absolute Gasteiger partial charge is 0.348 e. The molecule has 0 fully saturated rings. The first-order chi connectivity index (χ1) is 9.60. The van der Waals surface area contributed by atoms with Crippen LogP contribution in [-0.4, -0.2) is 21.1 Å². The number of anilines is 1. The van der Waals surface area contributed by atoms with Crippen LogP contribution >= 0.6 is 0 Å². The van der Waals surface area contributed by atoms with Crippen LogP contribution in [0, 0.1) is 0 Å². The van der Waals surface area contributed by atoms with Crippen molar-refractivity contribution < 1.29 is 4.79 Å². The fourth-order valence-electron chi connectivity index (χ4n) is 1.71. The van der Waals surface area contributed by atoms with Crippen molar-refractivity contribution in [3.05, 3.63) is 41.3 Å². The molecule has 0 spiro atoms. The summed E-state index contributed by atoms with van der Waals surface area (Å²) in [6.07, 6.45) is 3.40. The number of amides is 1. The molecule has 2 aromatic rings. The maximum atomic E-state index is 12.1. The first kappa shape index (κ1) is 14.0. The number of hydrogen-bond acceptors (Lipinski definition) is 5. The van der Waals surface area contributed by atoms with Gasteiger partial charge in [0.15, 0.2) is 0 Å². The summed E-state index contributed by atoms with van der Waals surface area (Å²) in [4.78, 5) is 16.5. The molecular weight excluding hydrogens is 256 g/mol. The molecular formula is C13H18N6O. The zero-order valence-electron chi connectivity index (χ0n) is 11.5. The monoisotopic (exact) mass is 274 g/mol. The van der Waals surface area contributed by atoms with Gasteiger partial charge in [0, 0.05) is 29.6 Å². The summed E-state index contributed by atoms with van der Waals surface area (Å²) >= 11 is 0. The van der Waals surface area contributed by atoms with Crippen molar-refractivity contribution in [2.24, 2.45) is 5.84 Å². The maximum Gasteiger partial charge on any atom is 0.251 e. The van der Waals surface area contributed by atoms with Gasteiger partial charge in [-0.05, 0) is 18.1 Å². The van der Waals surface area contributed by atoms with Crippen LogP contribution in [0.1, 0.15) is 41.4 Å². The van der Waals surface area contributed by atoms with E-state index in [4.69, 9.17) is 5.84 Å². The van der Waals surface area contributed by atoms with E-state index in [1.54, 1.807) is 24.5 Å². The summed E-state index contributed by atoms with van der Waals surface area (Å²) in [7, 11) is 0. The molecule has 7 heteroatoms. The number of H-pyrrole nitrogens is 1. The smallest absolute Gasteiger partial charge is 0.251 e. The number of aromatic amines is 1. The lowest BCUT2D eigenvalue weighted by Gasteiger charge is -2.10. The number of hydrogen-bond donors (Lipinski definition) is 4. The van der Waals surface area contributed by atoms with E-state index in [1.165, 1.54) is 0 Å². The van der Waals surface area contributed by atoms with E-state index in [9.17, 15) is 4.79 Å². The van der Waals surface area contributed by atoms with Gasteiger partial charge in [0.2, 0.25) is 0 Å². The average molecular weight is 274 g/mol. The minimum atomic E-state index is -0.174. The Hall–Kier alpha value is -2.41. The molecule has 0 saturated heterocycles. The van der Waals surface area contributed by atoms with Gasteiger partial charge in [0.05, 0.1) is 6.20 Å². The molecule has 0 radical (unpaired) electrons. The van der Waals surface area contributed by atoms with Crippen molar-refractivity contribution in [1.29, 1.82) is 0 Å². The number of rotatable bonds is 5. The van der Waals surface area contributed by atoms with Crippen LogP contribution in [0.4, 0.5) is 5.82 Å². The van der Waals surface area contributed by atoms with Gasteiger partial charge in [-0.2, -0.15) is 5.10 Å². The number of aromatic nitrogens is 3. The van der Waals surface area contributed by atoms with Crippen LogP contribution in [0.25, 0.3) is 0 Å². The molecule has 0 bridgehead atoms. The Morgan fingerprint density at radius 3 is 2.85 bits per heavy atom. The van der Waals surface area contributed by atoms with Crippen LogP contribution in [0.15, 0.2) is 24.5 Å². The zero-order chi connectivity index (χ0) is 14.5. The standard InChI is InChI=1S/C13H18N6O/c1-8(2)11-3-10(4-12(18-11)19-14)13(20)15-5-9-6-16-17-7-9/h3-4,6-8H,5,14H2,1-2H3,(H,15,20)(H,16,17)(H,18,19). The van der Waals surface area contributed by atoms with Gasteiger partial charge in [0.25, 0.3) is 5.91 Å². The van der Waals surface area contributed by atoms with Crippen LogP contribution in [-0.2, 0) is 6.54 Å². The summed E-state index contributed by atoms with van der Waals surface area (Å²) in [5.74, 6) is 5.90. The van der Waals surface area contributed by atoms with E-state index in [0.717, 1.165) is 11.3 Å². The lowest BCUT2D eigenvalue weighted by molar-refractivity contribution is 0.0950. The van der Waals surface area contributed by atoms with Crippen molar-refractivity contribution in [1.82, 2.24) is 20.5 Å². The quantitative estimate of drug-likeness (QED) is 0.483. The predicted octanol–water partition coefficient (Wildman–Crippen LogP) is 1.14. The average Bonchev–Trinajstić information content (AvgIpc) is 2.97. The van der Waals surface area contributed by atoms with Crippen molar-refractivity contribution >= 4 is 11.7 Å². The van der Waals surface area contributed by atoms with E-state index in [1.807, 2.05) is 13.8 Å². The molecule has 0 aliphatic heterocycles. The van der Waals surface area contributed by atoms with Gasteiger partial charge in [-0.3, -0.25) is 9.89 Å². The summed E-state index contributed by atoms with van der Waals surface area (Å²) in [5, 5.41) is 9.35. The third-order valence-electron chi connectivity index (χ3n) is 2.85. The number of nitrogens with one attached hydrogen (secondary N) is 3. The van der Waals surface area contributed by atoms with Crippen LogP contribution < -0.4 is 16.6 Å². The molecule has 0 saturated carbocycles. The second-order valence-electron chi connectivity index (χ2n) is 4.75. The Morgan fingerprint density at radius 2 is 2.25 bits per heavy atom. The number of carbonyl (C=O) groups is 1. The highest BCUT2D eigenvalue weighted by Crippen LogP contribution is 2.17. The lowest BCUT2D eigenvalue weighted by atomic mass is 10.1. The number of pyridine rings is 1. The molecule has 0 aliphatic carbocycles. The highest BCUT2D eigenvalue weighted by molar-refractivity contribution is 5.95.